The third-order valence-electron chi connectivity index (χ3n) is 6.94. The summed E-state index contributed by atoms with van der Waals surface area (Å²) in [6, 6.07) is 13.5. The fourth-order valence-electron chi connectivity index (χ4n) is 4.58. The van der Waals surface area contributed by atoms with Crippen molar-refractivity contribution in [1.82, 2.24) is 10.6 Å². The van der Waals surface area contributed by atoms with Crippen molar-refractivity contribution in [3.63, 3.8) is 0 Å². The molecule has 2 atom stereocenters. The van der Waals surface area contributed by atoms with Crippen LogP contribution >= 0.6 is 0 Å². The fraction of sp³-hybridized carbons (Fsp3) is 0.294. The van der Waals surface area contributed by atoms with Gasteiger partial charge < -0.3 is 20.8 Å². The summed E-state index contributed by atoms with van der Waals surface area (Å²) in [5.41, 5.74) is 3.59. The van der Waals surface area contributed by atoms with E-state index in [1.807, 2.05) is 90.1 Å². The maximum atomic E-state index is 12.0. The molecule has 47 heavy (non-hydrogen) atoms. The van der Waals surface area contributed by atoms with E-state index in [0.717, 1.165) is 22.3 Å². The van der Waals surface area contributed by atoms with Crippen LogP contribution in [0.2, 0.25) is 0 Å². The van der Waals surface area contributed by atoms with Crippen LogP contribution in [0.3, 0.4) is 0 Å². The first-order chi connectivity index (χ1) is 22.0. The topological polar surface area (TPSA) is 176 Å². The molecule has 2 aliphatic rings. The van der Waals surface area contributed by atoms with Crippen molar-refractivity contribution in [3.8, 4) is 0 Å². The van der Waals surface area contributed by atoms with Crippen molar-refractivity contribution < 1.29 is 72.5 Å². The number of carbonyl (C=O) groups is 4. The Morgan fingerprint density at radius 2 is 1.00 bits per heavy atom. The molecule has 0 bridgehead atoms. The van der Waals surface area contributed by atoms with Crippen LogP contribution in [-0.2, 0) is 62.3 Å². The van der Waals surface area contributed by atoms with Crippen LogP contribution in [0, 0.1) is 10.8 Å². The Kier molecular flexibility index (Phi) is 14.8. The second-order valence-corrected chi connectivity index (χ2v) is 14.3. The van der Waals surface area contributed by atoms with Gasteiger partial charge in [-0.2, -0.15) is 0 Å². The van der Waals surface area contributed by atoms with Crippen molar-refractivity contribution in [2.75, 3.05) is 0 Å². The minimum absolute atomic E-state index is 0.126. The molecule has 4 rings (SSSR count). The van der Waals surface area contributed by atoms with Crippen LogP contribution in [0.25, 0.3) is 23.3 Å². The van der Waals surface area contributed by atoms with Gasteiger partial charge in [0.2, 0.25) is 0 Å². The molecule has 0 aromatic heterocycles. The SMILES string of the molecule is CC(C)(C)[C@H](N/C=C1\C(=O)C=Cc2ccccc21)C(=O)O.CC(C)(C)[C@H](N/C=C1\C(=O)C=Cc2ccccc21)C(=O)O.[O]=[V][O][V]=[O]. The van der Waals surface area contributed by atoms with Crippen molar-refractivity contribution >= 4 is 46.8 Å². The molecule has 2 aliphatic carbocycles. The van der Waals surface area contributed by atoms with Crippen LogP contribution in [0.5, 0.6) is 0 Å². The predicted octanol–water partition coefficient (Wildman–Crippen LogP) is 5.11. The first-order valence-corrected chi connectivity index (χ1v) is 16.6. The van der Waals surface area contributed by atoms with Crippen molar-refractivity contribution in [1.29, 1.82) is 0 Å². The average molecular weight is 721 g/mol. The first-order valence-electron chi connectivity index (χ1n) is 14.4. The maximum absolute atomic E-state index is 12.0. The molecule has 0 aliphatic heterocycles. The van der Waals surface area contributed by atoms with Gasteiger partial charge in [-0.25, -0.2) is 9.59 Å². The van der Waals surface area contributed by atoms with Gasteiger partial charge in [-0.1, -0.05) is 102 Å². The van der Waals surface area contributed by atoms with Gasteiger partial charge in [0.1, 0.15) is 12.1 Å². The Morgan fingerprint density at radius 1 is 0.660 bits per heavy atom. The zero-order chi connectivity index (χ0) is 35.4. The number of ketones is 2. The predicted molar refractivity (Wildman–Crippen MR) is 167 cm³/mol. The van der Waals surface area contributed by atoms with E-state index in [1.54, 1.807) is 12.2 Å². The van der Waals surface area contributed by atoms with E-state index in [-0.39, 0.29) is 11.6 Å². The fourth-order valence-corrected chi connectivity index (χ4v) is 4.80. The van der Waals surface area contributed by atoms with Crippen LogP contribution in [0.1, 0.15) is 63.8 Å². The summed E-state index contributed by atoms with van der Waals surface area (Å²) in [5.74, 6) is -2.13. The molecule has 0 heterocycles. The van der Waals surface area contributed by atoms with Crippen LogP contribution in [0.4, 0.5) is 0 Å². The molecule has 2 aromatic carbocycles. The van der Waals surface area contributed by atoms with E-state index in [1.165, 1.54) is 24.6 Å². The molecule has 0 amide bonds. The quantitative estimate of drug-likeness (QED) is 0.267. The number of hydrogen-bond acceptors (Lipinski definition) is 9. The number of rotatable bonds is 8. The van der Waals surface area contributed by atoms with Gasteiger partial charge in [0.15, 0.2) is 11.6 Å². The molecule has 0 unspecified atom stereocenters. The molecule has 0 saturated carbocycles. The molecule has 11 nitrogen and oxygen atoms in total. The Balaban J connectivity index is 0.000000286. The van der Waals surface area contributed by atoms with Crippen LogP contribution in [-0.4, -0.2) is 45.8 Å². The number of allylic oxidation sites excluding steroid dienone is 4. The summed E-state index contributed by atoms with van der Waals surface area (Å²) in [5, 5.41) is 24.4. The van der Waals surface area contributed by atoms with Crippen molar-refractivity contribution in [2.45, 2.75) is 53.6 Å². The Morgan fingerprint density at radius 3 is 1.28 bits per heavy atom. The Labute approximate surface area is 288 Å². The molecule has 0 saturated heterocycles. The minimum atomic E-state index is -1.30. The van der Waals surface area contributed by atoms with E-state index < -0.39 is 68.0 Å². The van der Waals surface area contributed by atoms with Gasteiger partial charge >= 0.3 is 55.0 Å². The summed E-state index contributed by atoms with van der Waals surface area (Å²) in [7, 11) is 0. The van der Waals surface area contributed by atoms with E-state index in [0.29, 0.717) is 11.1 Å². The standard InChI is InChI=1S/2C17H19NO3.3O.2V/c2*1-17(2,3)15(16(20)21)18-10-13-12-7-5-4-6-11(12)8-9-14(13)19;;;;;/h2*4-10,15,18H,1-3H3,(H,20,21);;;;;/b2*13-10-;;;;;/t2*15-;;;;;/m11...../s1. The third kappa shape index (κ3) is 11.6. The van der Waals surface area contributed by atoms with Gasteiger partial charge in [0.25, 0.3) is 0 Å². The summed E-state index contributed by atoms with van der Waals surface area (Å²) in [4.78, 5) is 46.8. The summed E-state index contributed by atoms with van der Waals surface area (Å²) < 4.78 is 22.4. The van der Waals surface area contributed by atoms with Gasteiger partial charge in [0, 0.05) is 23.5 Å². The normalized spacial score (nSPS) is 16.3. The molecule has 13 heteroatoms. The van der Waals surface area contributed by atoms with Gasteiger partial charge in [-0.05, 0) is 45.2 Å². The monoisotopic (exact) mass is 720 g/mol. The summed E-state index contributed by atoms with van der Waals surface area (Å²) in [6.45, 7) is 11.0. The van der Waals surface area contributed by atoms with Gasteiger partial charge in [-0.3, -0.25) is 9.59 Å². The molecule has 2 aromatic rings. The number of aliphatic carboxylic acids is 2. The zero-order valence-electron chi connectivity index (χ0n) is 26.9. The molecule has 0 spiro atoms. The number of hydrogen-bond donors (Lipinski definition) is 4. The first kappa shape index (κ1) is 39.2. The molecular formula is C34H38N2O9V2. The molecule has 4 N–H and O–H groups in total. The van der Waals surface area contributed by atoms with E-state index in [9.17, 15) is 36.7 Å². The summed E-state index contributed by atoms with van der Waals surface area (Å²) >= 11 is -2.61. The van der Waals surface area contributed by atoms with Gasteiger partial charge in [0.05, 0.1) is 0 Å². The van der Waals surface area contributed by atoms with Crippen LogP contribution < -0.4 is 10.6 Å². The number of fused-ring (bicyclic) bond motifs is 2. The van der Waals surface area contributed by atoms with Crippen LogP contribution in [0.15, 0.2) is 73.1 Å². The second-order valence-electron chi connectivity index (χ2n) is 12.5. The number of nitrogens with one attached hydrogen (secondary N) is 2. The molecule has 248 valence electrons. The Hall–Kier alpha value is -3.99. The zero-order valence-corrected chi connectivity index (χ0v) is 29.7. The average Bonchev–Trinajstić information content (AvgIpc) is 2.99. The summed E-state index contributed by atoms with van der Waals surface area (Å²) in [6.07, 6.45) is 9.59. The van der Waals surface area contributed by atoms with Crippen molar-refractivity contribution in [2.24, 2.45) is 10.8 Å². The Bertz CT molecular complexity index is 1510. The second kappa shape index (κ2) is 17.8. The van der Waals surface area contributed by atoms with E-state index >= 15 is 0 Å². The number of carbonyl (C=O) groups excluding carboxylic acids is 2. The molecular weight excluding hydrogens is 682 g/mol. The molecule has 0 radical (unpaired) electrons. The number of carboxylic acid groups (broad SMARTS) is 2. The number of benzene rings is 2. The third-order valence-corrected chi connectivity index (χ3v) is 8.01. The van der Waals surface area contributed by atoms with Gasteiger partial charge in [-0.15, -0.1) is 0 Å². The molecule has 0 fully saturated rings. The van der Waals surface area contributed by atoms with E-state index in [2.05, 4.69) is 13.2 Å². The number of carboxylic acids is 2. The van der Waals surface area contributed by atoms with E-state index in [4.69, 9.17) is 0 Å². The van der Waals surface area contributed by atoms with Crippen molar-refractivity contribution in [3.05, 3.63) is 95.3 Å².